The third-order valence-corrected chi connectivity index (χ3v) is 4.10. The molecule has 2 aromatic rings. The number of ether oxygens (including phenoxy) is 1. The molecular weight excluding hydrogens is 342 g/mol. The maximum absolute atomic E-state index is 12.4. The summed E-state index contributed by atoms with van der Waals surface area (Å²) < 4.78 is 29.9. The molecule has 0 heterocycles. The van der Waals surface area contributed by atoms with E-state index in [1.165, 1.54) is 31.2 Å². The number of hydrogen-bond donors (Lipinski definition) is 1. The number of carbonyl (C=O) groups excluding carboxylic acids is 2. The Morgan fingerprint density at radius 3 is 2.20 bits per heavy atom. The van der Waals surface area contributed by atoms with Crippen LogP contribution in [0.15, 0.2) is 48.5 Å². The van der Waals surface area contributed by atoms with Crippen molar-refractivity contribution in [2.75, 3.05) is 11.0 Å². The smallest absolute Gasteiger partial charge is 0.339 e. The van der Waals surface area contributed by atoms with Crippen molar-refractivity contribution >= 4 is 27.5 Å². The van der Waals surface area contributed by atoms with Crippen LogP contribution in [0.2, 0.25) is 0 Å². The molecule has 0 fully saturated rings. The summed E-state index contributed by atoms with van der Waals surface area (Å²) in [6.07, 6.45) is 0.0833. The molecule has 0 bridgehead atoms. The summed E-state index contributed by atoms with van der Waals surface area (Å²) in [5.41, 5.74) is 1.85. The molecule has 25 heavy (non-hydrogen) atoms. The molecule has 6 nitrogen and oxygen atoms in total. The van der Waals surface area contributed by atoms with Gasteiger partial charge in [0.1, 0.15) is 0 Å². The standard InChI is InChI=1S/C18H19NO5S/c1-12-6-4-5-7-16(12)18(21)24-13(2)17(20)14-8-10-15(11-9-14)19-25(3,22)23/h4-11,13,19H,1-3H3. The molecule has 132 valence electrons. The van der Waals surface area contributed by atoms with Crippen LogP contribution in [0.1, 0.15) is 33.2 Å². The van der Waals surface area contributed by atoms with Crippen LogP contribution in [0.25, 0.3) is 0 Å². The van der Waals surface area contributed by atoms with Gasteiger partial charge >= 0.3 is 5.97 Å². The van der Waals surface area contributed by atoms with Gasteiger partial charge in [-0.05, 0) is 49.7 Å². The van der Waals surface area contributed by atoms with Gasteiger partial charge in [0.25, 0.3) is 0 Å². The van der Waals surface area contributed by atoms with Gasteiger partial charge in [-0.2, -0.15) is 0 Å². The third kappa shape index (κ3) is 5.15. The first kappa shape index (κ1) is 18.7. The van der Waals surface area contributed by atoms with Gasteiger partial charge in [0.05, 0.1) is 11.8 Å². The fraction of sp³-hybridized carbons (Fsp3) is 0.222. The lowest BCUT2D eigenvalue weighted by Gasteiger charge is -2.13. The second-order valence-corrected chi connectivity index (χ2v) is 7.43. The number of nitrogens with one attached hydrogen (secondary N) is 1. The second-order valence-electron chi connectivity index (χ2n) is 5.68. The average molecular weight is 361 g/mol. The zero-order valence-corrected chi connectivity index (χ0v) is 15.0. The molecule has 0 aliphatic carbocycles. The predicted molar refractivity (Wildman–Crippen MR) is 95.3 cm³/mol. The van der Waals surface area contributed by atoms with Crippen LogP contribution in [0.4, 0.5) is 5.69 Å². The molecule has 1 N–H and O–H groups in total. The topological polar surface area (TPSA) is 89.5 Å². The van der Waals surface area contributed by atoms with E-state index in [9.17, 15) is 18.0 Å². The largest absolute Gasteiger partial charge is 0.451 e. The van der Waals surface area contributed by atoms with E-state index in [1.807, 2.05) is 6.07 Å². The van der Waals surface area contributed by atoms with Crippen LogP contribution in [-0.2, 0) is 14.8 Å². The summed E-state index contributed by atoms with van der Waals surface area (Å²) in [5.74, 6) is -0.929. The zero-order valence-electron chi connectivity index (χ0n) is 14.1. The monoisotopic (exact) mass is 361 g/mol. The van der Waals surface area contributed by atoms with Crippen molar-refractivity contribution in [3.63, 3.8) is 0 Å². The van der Waals surface area contributed by atoms with E-state index in [1.54, 1.807) is 25.1 Å². The van der Waals surface area contributed by atoms with Crippen molar-refractivity contribution in [1.82, 2.24) is 0 Å². The Morgan fingerprint density at radius 2 is 1.64 bits per heavy atom. The van der Waals surface area contributed by atoms with E-state index in [0.29, 0.717) is 16.8 Å². The predicted octanol–water partition coefficient (Wildman–Crippen LogP) is 2.79. The fourth-order valence-corrected chi connectivity index (χ4v) is 2.80. The number of aryl methyl sites for hydroxylation is 1. The van der Waals surface area contributed by atoms with Gasteiger partial charge in [0, 0.05) is 11.3 Å². The van der Waals surface area contributed by atoms with Gasteiger partial charge in [-0.1, -0.05) is 18.2 Å². The molecule has 0 saturated heterocycles. The molecule has 0 amide bonds. The summed E-state index contributed by atoms with van der Waals surface area (Å²) in [6.45, 7) is 3.29. The van der Waals surface area contributed by atoms with E-state index >= 15 is 0 Å². The van der Waals surface area contributed by atoms with Gasteiger partial charge in [0.15, 0.2) is 6.10 Å². The van der Waals surface area contributed by atoms with Crippen molar-refractivity contribution in [1.29, 1.82) is 0 Å². The van der Waals surface area contributed by atoms with Gasteiger partial charge < -0.3 is 4.74 Å². The molecule has 0 spiro atoms. The van der Waals surface area contributed by atoms with Gasteiger partial charge in [-0.25, -0.2) is 13.2 Å². The Labute approximate surface area is 146 Å². The maximum Gasteiger partial charge on any atom is 0.339 e. The lowest BCUT2D eigenvalue weighted by atomic mass is 10.1. The fourth-order valence-electron chi connectivity index (χ4n) is 2.23. The first-order valence-corrected chi connectivity index (χ1v) is 9.45. The van der Waals surface area contributed by atoms with Crippen LogP contribution in [-0.4, -0.2) is 32.5 Å². The summed E-state index contributed by atoms with van der Waals surface area (Å²) in [6, 6.07) is 12.9. The molecule has 0 aliphatic rings. The molecule has 0 radical (unpaired) electrons. The normalized spacial score (nSPS) is 12.3. The summed E-state index contributed by atoms with van der Waals surface area (Å²) in [5, 5.41) is 0. The summed E-state index contributed by atoms with van der Waals surface area (Å²) >= 11 is 0. The lowest BCUT2D eigenvalue weighted by Crippen LogP contribution is -2.24. The van der Waals surface area contributed by atoms with E-state index in [-0.39, 0.29) is 5.78 Å². The number of sulfonamides is 1. The SMILES string of the molecule is Cc1ccccc1C(=O)OC(C)C(=O)c1ccc(NS(C)(=O)=O)cc1. The minimum absolute atomic E-state index is 0.323. The lowest BCUT2D eigenvalue weighted by molar-refractivity contribution is 0.0318. The second kappa shape index (κ2) is 7.48. The highest BCUT2D eigenvalue weighted by atomic mass is 32.2. The highest BCUT2D eigenvalue weighted by Crippen LogP contribution is 2.15. The van der Waals surface area contributed by atoms with Gasteiger partial charge in [-0.3, -0.25) is 9.52 Å². The number of ketones is 1. The molecule has 0 aromatic heterocycles. The number of rotatable bonds is 6. The van der Waals surface area contributed by atoms with Crippen molar-refractivity contribution in [2.45, 2.75) is 20.0 Å². The van der Waals surface area contributed by atoms with Gasteiger partial charge in [-0.15, -0.1) is 0 Å². The number of carbonyl (C=O) groups is 2. The number of esters is 1. The minimum Gasteiger partial charge on any atom is -0.451 e. The van der Waals surface area contributed by atoms with E-state index in [2.05, 4.69) is 4.72 Å². The van der Waals surface area contributed by atoms with Crippen molar-refractivity contribution in [3.05, 3.63) is 65.2 Å². The number of Topliss-reactive ketones (excluding diaryl/α,β-unsaturated/α-hetero) is 1. The molecule has 0 aliphatic heterocycles. The van der Waals surface area contributed by atoms with Crippen molar-refractivity contribution in [2.24, 2.45) is 0 Å². The summed E-state index contributed by atoms with van der Waals surface area (Å²) in [4.78, 5) is 24.5. The van der Waals surface area contributed by atoms with E-state index in [4.69, 9.17) is 4.74 Å². The molecule has 7 heteroatoms. The maximum atomic E-state index is 12.4. The van der Waals surface area contributed by atoms with Gasteiger partial charge in [0.2, 0.25) is 15.8 Å². The zero-order chi connectivity index (χ0) is 18.6. The van der Waals surface area contributed by atoms with Crippen molar-refractivity contribution < 1.29 is 22.7 Å². The van der Waals surface area contributed by atoms with E-state index in [0.717, 1.165) is 11.8 Å². The molecule has 1 atom stereocenters. The number of benzene rings is 2. The Hall–Kier alpha value is -2.67. The quantitative estimate of drug-likeness (QED) is 0.631. The molecule has 0 saturated carbocycles. The molecule has 1 unspecified atom stereocenters. The van der Waals surface area contributed by atoms with Crippen LogP contribution >= 0.6 is 0 Å². The van der Waals surface area contributed by atoms with Crippen LogP contribution in [0.3, 0.4) is 0 Å². The first-order chi connectivity index (χ1) is 11.7. The van der Waals surface area contributed by atoms with Crippen LogP contribution < -0.4 is 4.72 Å². The Morgan fingerprint density at radius 1 is 1.04 bits per heavy atom. The molecule has 2 aromatic carbocycles. The minimum atomic E-state index is -3.38. The highest BCUT2D eigenvalue weighted by Gasteiger charge is 2.21. The Kier molecular flexibility index (Phi) is 5.58. The highest BCUT2D eigenvalue weighted by molar-refractivity contribution is 7.92. The number of anilines is 1. The van der Waals surface area contributed by atoms with Crippen LogP contribution in [0.5, 0.6) is 0 Å². The molecule has 2 rings (SSSR count). The Balaban J connectivity index is 2.07. The van der Waals surface area contributed by atoms with E-state index < -0.39 is 22.1 Å². The van der Waals surface area contributed by atoms with Crippen LogP contribution in [0, 0.1) is 6.92 Å². The molecular formula is C18H19NO5S. The summed E-state index contributed by atoms with van der Waals surface area (Å²) in [7, 11) is -3.38. The Bertz CT molecular complexity index is 888. The average Bonchev–Trinajstić information content (AvgIpc) is 2.53. The first-order valence-electron chi connectivity index (χ1n) is 7.56. The third-order valence-electron chi connectivity index (χ3n) is 3.49. The van der Waals surface area contributed by atoms with Crippen molar-refractivity contribution in [3.8, 4) is 0 Å². The number of hydrogen-bond acceptors (Lipinski definition) is 5.